The molecule has 154 valence electrons. The Hall–Kier alpha value is -2.96. The molecule has 7 heteroatoms. The summed E-state index contributed by atoms with van der Waals surface area (Å²) < 4.78 is 5.37. The highest BCUT2D eigenvalue weighted by Gasteiger charge is 2.23. The van der Waals surface area contributed by atoms with Crippen molar-refractivity contribution in [3.8, 4) is 11.3 Å². The third-order valence-electron chi connectivity index (χ3n) is 4.95. The van der Waals surface area contributed by atoms with E-state index in [1.54, 1.807) is 11.1 Å². The minimum atomic E-state index is -0.0730. The van der Waals surface area contributed by atoms with E-state index < -0.39 is 0 Å². The molecular formula is C23H23ClN4O2. The molecule has 1 saturated heterocycles. The lowest BCUT2D eigenvalue weighted by Gasteiger charge is -2.27. The van der Waals surface area contributed by atoms with Crippen LogP contribution in [0.1, 0.15) is 21.5 Å². The average molecular weight is 423 g/mol. The number of aromatic nitrogens is 2. The van der Waals surface area contributed by atoms with E-state index in [0.29, 0.717) is 55.1 Å². The number of amides is 1. The largest absolute Gasteiger partial charge is 0.378 e. The van der Waals surface area contributed by atoms with E-state index >= 15 is 0 Å². The van der Waals surface area contributed by atoms with Gasteiger partial charge in [0, 0.05) is 36.4 Å². The molecule has 1 aliphatic heterocycles. The summed E-state index contributed by atoms with van der Waals surface area (Å²) in [4.78, 5) is 24.1. The van der Waals surface area contributed by atoms with Gasteiger partial charge in [0.05, 0.1) is 24.5 Å². The van der Waals surface area contributed by atoms with Crippen LogP contribution in [0.25, 0.3) is 11.3 Å². The van der Waals surface area contributed by atoms with Crippen LogP contribution in [0.15, 0.2) is 54.7 Å². The van der Waals surface area contributed by atoms with E-state index in [4.69, 9.17) is 21.3 Å². The lowest BCUT2D eigenvalue weighted by atomic mass is 10.0. The number of carbonyl (C=O) groups excluding carboxylic acids is 1. The molecule has 4 rings (SSSR count). The maximum Gasteiger partial charge on any atom is 0.257 e. The quantitative estimate of drug-likeness (QED) is 0.667. The summed E-state index contributed by atoms with van der Waals surface area (Å²) in [5.74, 6) is 0.390. The Morgan fingerprint density at radius 3 is 2.73 bits per heavy atom. The van der Waals surface area contributed by atoms with Gasteiger partial charge in [-0.1, -0.05) is 47.5 Å². The lowest BCUT2D eigenvalue weighted by Crippen LogP contribution is -2.41. The van der Waals surface area contributed by atoms with E-state index in [9.17, 15) is 4.79 Å². The first kappa shape index (κ1) is 20.3. The molecule has 1 amide bonds. The fourth-order valence-electron chi connectivity index (χ4n) is 3.40. The summed E-state index contributed by atoms with van der Waals surface area (Å²) >= 11 is 6.07. The number of ether oxygens (including phenoxy) is 1. The first-order valence-electron chi connectivity index (χ1n) is 9.89. The van der Waals surface area contributed by atoms with Crippen molar-refractivity contribution >= 4 is 23.5 Å². The smallest absolute Gasteiger partial charge is 0.257 e. The van der Waals surface area contributed by atoms with Crippen molar-refractivity contribution in [1.82, 2.24) is 14.9 Å². The number of nitrogens with zero attached hydrogens (tertiary/aromatic N) is 3. The highest BCUT2D eigenvalue weighted by Crippen LogP contribution is 2.25. The molecule has 1 N–H and O–H groups in total. The first-order chi connectivity index (χ1) is 14.6. The zero-order valence-corrected chi connectivity index (χ0v) is 17.5. The van der Waals surface area contributed by atoms with Crippen LogP contribution in [0.3, 0.4) is 0 Å². The number of nitrogens with one attached hydrogen (secondary N) is 1. The maximum absolute atomic E-state index is 13.2. The molecule has 30 heavy (non-hydrogen) atoms. The van der Waals surface area contributed by atoms with Crippen molar-refractivity contribution in [2.45, 2.75) is 13.5 Å². The van der Waals surface area contributed by atoms with Crippen LogP contribution in [0.2, 0.25) is 5.02 Å². The number of aryl methyl sites for hydroxylation is 1. The van der Waals surface area contributed by atoms with Gasteiger partial charge in [-0.3, -0.25) is 4.79 Å². The normalized spacial score (nSPS) is 13.9. The predicted octanol–water partition coefficient (Wildman–Crippen LogP) is 4.19. The van der Waals surface area contributed by atoms with Crippen LogP contribution >= 0.6 is 11.6 Å². The topological polar surface area (TPSA) is 67.4 Å². The minimum absolute atomic E-state index is 0.0730. The average Bonchev–Trinajstić information content (AvgIpc) is 2.78. The van der Waals surface area contributed by atoms with Crippen LogP contribution < -0.4 is 5.32 Å². The lowest BCUT2D eigenvalue weighted by molar-refractivity contribution is 0.0303. The molecule has 0 aliphatic carbocycles. The summed E-state index contributed by atoms with van der Waals surface area (Å²) in [6.07, 6.45) is 1.61. The van der Waals surface area contributed by atoms with Gasteiger partial charge in [-0.2, -0.15) is 0 Å². The number of rotatable bonds is 5. The summed E-state index contributed by atoms with van der Waals surface area (Å²) in [5.41, 5.74) is 4.13. The number of morpholine rings is 1. The molecule has 2 heterocycles. The second-order valence-corrected chi connectivity index (χ2v) is 7.65. The van der Waals surface area contributed by atoms with E-state index in [2.05, 4.69) is 10.3 Å². The van der Waals surface area contributed by atoms with Crippen molar-refractivity contribution < 1.29 is 9.53 Å². The zero-order chi connectivity index (χ0) is 20.9. The van der Waals surface area contributed by atoms with Crippen LogP contribution in [0.5, 0.6) is 0 Å². The zero-order valence-electron chi connectivity index (χ0n) is 16.8. The molecule has 0 atom stereocenters. The molecule has 0 bridgehead atoms. The molecule has 0 radical (unpaired) electrons. The van der Waals surface area contributed by atoms with Crippen LogP contribution in [-0.2, 0) is 11.3 Å². The molecule has 0 spiro atoms. The predicted molar refractivity (Wildman–Crippen MR) is 118 cm³/mol. The highest BCUT2D eigenvalue weighted by atomic mass is 35.5. The monoisotopic (exact) mass is 422 g/mol. The van der Waals surface area contributed by atoms with Gasteiger partial charge in [0.1, 0.15) is 0 Å². The second-order valence-electron chi connectivity index (χ2n) is 7.21. The van der Waals surface area contributed by atoms with Gasteiger partial charge in [0.25, 0.3) is 5.91 Å². The fourth-order valence-corrected chi connectivity index (χ4v) is 3.61. The van der Waals surface area contributed by atoms with Gasteiger partial charge in [-0.25, -0.2) is 9.97 Å². The van der Waals surface area contributed by atoms with Crippen molar-refractivity contribution in [1.29, 1.82) is 0 Å². The number of hydrogen-bond donors (Lipinski definition) is 1. The SMILES string of the molecule is Cc1cccc(-c2nc(NCc3cccc(Cl)c3)ncc2C(=O)N2CCOCC2)c1. The molecule has 1 aromatic heterocycles. The Kier molecular flexibility index (Phi) is 6.26. The Balaban J connectivity index is 1.65. The Morgan fingerprint density at radius 2 is 1.97 bits per heavy atom. The number of carbonyl (C=O) groups is 1. The molecule has 1 fully saturated rings. The highest BCUT2D eigenvalue weighted by molar-refractivity contribution is 6.30. The molecule has 1 aliphatic rings. The van der Waals surface area contributed by atoms with Gasteiger partial charge < -0.3 is 15.0 Å². The third-order valence-corrected chi connectivity index (χ3v) is 5.18. The van der Waals surface area contributed by atoms with Gasteiger partial charge in [0.15, 0.2) is 0 Å². The third kappa shape index (κ3) is 4.78. The van der Waals surface area contributed by atoms with Gasteiger partial charge in [-0.15, -0.1) is 0 Å². The van der Waals surface area contributed by atoms with Crippen molar-refractivity contribution in [2.24, 2.45) is 0 Å². The molecular weight excluding hydrogens is 400 g/mol. The molecule has 0 saturated carbocycles. The molecule has 0 unspecified atom stereocenters. The van der Waals surface area contributed by atoms with E-state index in [-0.39, 0.29) is 5.91 Å². The van der Waals surface area contributed by atoms with E-state index in [1.165, 1.54) is 0 Å². The molecule has 2 aromatic carbocycles. The van der Waals surface area contributed by atoms with Crippen LogP contribution in [-0.4, -0.2) is 47.1 Å². The summed E-state index contributed by atoms with van der Waals surface area (Å²) in [6.45, 7) is 4.79. The Labute approximate surface area is 180 Å². The summed E-state index contributed by atoms with van der Waals surface area (Å²) in [7, 11) is 0. The van der Waals surface area contributed by atoms with Crippen LogP contribution in [0.4, 0.5) is 5.95 Å². The molecule has 6 nitrogen and oxygen atoms in total. The Morgan fingerprint density at radius 1 is 1.17 bits per heavy atom. The number of anilines is 1. The second kappa shape index (κ2) is 9.24. The van der Waals surface area contributed by atoms with Crippen molar-refractivity contribution in [3.63, 3.8) is 0 Å². The van der Waals surface area contributed by atoms with Crippen molar-refractivity contribution in [2.75, 3.05) is 31.6 Å². The van der Waals surface area contributed by atoms with Gasteiger partial charge in [-0.05, 0) is 30.7 Å². The summed E-state index contributed by atoms with van der Waals surface area (Å²) in [5, 5.41) is 3.92. The van der Waals surface area contributed by atoms with Crippen LogP contribution in [0, 0.1) is 6.92 Å². The van der Waals surface area contributed by atoms with E-state index in [0.717, 1.165) is 16.7 Å². The maximum atomic E-state index is 13.2. The van der Waals surface area contributed by atoms with Gasteiger partial charge in [0.2, 0.25) is 5.95 Å². The number of halogens is 1. The fraction of sp³-hybridized carbons (Fsp3) is 0.261. The van der Waals surface area contributed by atoms with E-state index in [1.807, 2.05) is 55.5 Å². The number of benzene rings is 2. The Bertz CT molecular complexity index is 1050. The molecule has 3 aromatic rings. The van der Waals surface area contributed by atoms with Gasteiger partial charge >= 0.3 is 0 Å². The summed E-state index contributed by atoms with van der Waals surface area (Å²) in [6, 6.07) is 15.6. The minimum Gasteiger partial charge on any atom is -0.378 e. The van der Waals surface area contributed by atoms with Crippen molar-refractivity contribution in [3.05, 3.63) is 76.4 Å². The standard InChI is InChI=1S/C23H23ClN4O2/c1-16-4-2-6-18(12-16)21-20(22(29)28-8-10-30-11-9-28)15-26-23(27-21)25-14-17-5-3-7-19(24)13-17/h2-7,12-13,15H,8-11,14H2,1H3,(H,25,26,27). The first-order valence-corrected chi connectivity index (χ1v) is 10.3. The number of hydrogen-bond acceptors (Lipinski definition) is 5.